The molecule has 0 N–H and O–H groups in total. The molecule has 0 aliphatic carbocycles. The highest BCUT2D eigenvalue weighted by Crippen LogP contribution is 2.20. The quantitative estimate of drug-likeness (QED) is 0.744. The summed E-state index contributed by atoms with van der Waals surface area (Å²) in [5, 5.41) is 4.75. The first-order valence-corrected chi connectivity index (χ1v) is 7.03. The predicted molar refractivity (Wildman–Crippen MR) is 81.4 cm³/mol. The minimum Gasteiger partial charge on any atom is -0.323 e. The summed E-state index contributed by atoms with van der Waals surface area (Å²) >= 11 is 6.16. The lowest BCUT2D eigenvalue weighted by atomic mass is 10.1. The maximum absolute atomic E-state index is 12.3. The Hall–Kier alpha value is -2.14. The van der Waals surface area contributed by atoms with Crippen molar-refractivity contribution in [3.05, 3.63) is 47.0 Å². The average Bonchev–Trinajstić information content (AvgIpc) is 2.96. The molecule has 3 rings (SSSR count). The highest BCUT2D eigenvalue weighted by molar-refractivity contribution is 6.30. The number of carbonyl (C=O) groups is 1. The molecule has 0 saturated heterocycles. The summed E-state index contributed by atoms with van der Waals surface area (Å²) in [6.45, 7) is 2.15. The number of halogens is 1. The van der Waals surface area contributed by atoms with Crippen LogP contribution in [0.5, 0.6) is 0 Å². The fourth-order valence-electron chi connectivity index (χ4n) is 2.45. The SMILES string of the molecule is Cc1nn(C)c(Cl)c1CC(=O)Cn1cnc2ccccc21. The number of rotatable bonds is 4. The lowest BCUT2D eigenvalue weighted by molar-refractivity contribution is -0.118. The monoisotopic (exact) mass is 302 g/mol. The van der Waals surface area contributed by atoms with E-state index in [9.17, 15) is 4.79 Å². The molecule has 0 atom stereocenters. The number of imidazole rings is 1. The molecule has 0 saturated carbocycles. The number of para-hydroxylation sites is 2. The molecule has 108 valence electrons. The van der Waals surface area contributed by atoms with Crippen LogP contribution in [0.25, 0.3) is 11.0 Å². The molecular weight excluding hydrogens is 288 g/mol. The van der Waals surface area contributed by atoms with E-state index >= 15 is 0 Å². The second kappa shape index (κ2) is 5.33. The van der Waals surface area contributed by atoms with Gasteiger partial charge in [0, 0.05) is 19.0 Å². The number of Topliss-reactive ketones (excluding diaryl/α,β-unsaturated/α-hetero) is 1. The normalized spacial score (nSPS) is 11.2. The van der Waals surface area contributed by atoms with Crippen LogP contribution < -0.4 is 0 Å². The van der Waals surface area contributed by atoms with Gasteiger partial charge in [0.15, 0.2) is 5.78 Å². The first-order chi connectivity index (χ1) is 10.1. The van der Waals surface area contributed by atoms with Crippen molar-refractivity contribution in [1.82, 2.24) is 19.3 Å². The van der Waals surface area contributed by atoms with Gasteiger partial charge in [0.1, 0.15) is 5.15 Å². The molecule has 0 bridgehead atoms. The van der Waals surface area contributed by atoms with E-state index in [-0.39, 0.29) is 18.7 Å². The van der Waals surface area contributed by atoms with Gasteiger partial charge in [-0.3, -0.25) is 9.48 Å². The van der Waals surface area contributed by atoms with Crippen molar-refractivity contribution in [3.8, 4) is 0 Å². The molecule has 5 nitrogen and oxygen atoms in total. The fraction of sp³-hybridized carbons (Fsp3) is 0.267. The van der Waals surface area contributed by atoms with Crippen LogP contribution in [0.3, 0.4) is 0 Å². The number of aromatic nitrogens is 4. The molecule has 0 amide bonds. The fourth-order valence-corrected chi connectivity index (χ4v) is 2.70. The van der Waals surface area contributed by atoms with E-state index in [0.717, 1.165) is 22.3 Å². The number of carbonyl (C=O) groups excluding carboxylic acids is 1. The van der Waals surface area contributed by atoms with Crippen LogP contribution in [0.2, 0.25) is 5.15 Å². The van der Waals surface area contributed by atoms with E-state index in [1.165, 1.54) is 0 Å². The highest BCUT2D eigenvalue weighted by atomic mass is 35.5. The van der Waals surface area contributed by atoms with E-state index in [1.807, 2.05) is 35.8 Å². The van der Waals surface area contributed by atoms with Crippen molar-refractivity contribution in [3.63, 3.8) is 0 Å². The van der Waals surface area contributed by atoms with E-state index in [4.69, 9.17) is 11.6 Å². The first kappa shape index (κ1) is 13.8. The molecule has 2 heterocycles. The zero-order chi connectivity index (χ0) is 15.0. The zero-order valence-corrected chi connectivity index (χ0v) is 12.6. The van der Waals surface area contributed by atoms with Gasteiger partial charge in [0.2, 0.25) is 0 Å². The van der Waals surface area contributed by atoms with Gasteiger partial charge in [-0.2, -0.15) is 5.10 Å². The van der Waals surface area contributed by atoms with Gasteiger partial charge in [-0.1, -0.05) is 23.7 Å². The summed E-state index contributed by atoms with van der Waals surface area (Å²) in [4.78, 5) is 16.6. The smallest absolute Gasteiger partial charge is 0.157 e. The Labute approximate surface area is 127 Å². The summed E-state index contributed by atoms with van der Waals surface area (Å²) < 4.78 is 3.45. The van der Waals surface area contributed by atoms with Crippen molar-refractivity contribution < 1.29 is 4.79 Å². The molecule has 3 aromatic rings. The van der Waals surface area contributed by atoms with Gasteiger partial charge < -0.3 is 4.57 Å². The number of fused-ring (bicyclic) bond motifs is 1. The van der Waals surface area contributed by atoms with E-state index < -0.39 is 0 Å². The van der Waals surface area contributed by atoms with E-state index in [0.29, 0.717) is 5.15 Å². The Bertz CT molecular complexity index is 818. The van der Waals surface area contributed by atoms with E-state index in [2.05, 4.69) is 10.1 Å². The Morgan fingerprint density at radius 2 is 2.10 bits per heavy atom. The van der Waals surface area contributed by atoms with Crippen LogP contribution in [0.4, 0.5) is 0 Å². The second-order valence-corrected chi connectivity index (χ2v) is 5.41. The van der Waals surface area contributed by atoms with Crippen molar-refractivity contribution in [2.75, 3.05) is 0 Å². The molecule has 0 spiro atoms. The maximum atomic E-state index is 12.3. The third-order valence-corrected chi connectivity index (χ3v) is 3.99. The average molecular weight is 303 g/mol. The van der Waals surface area contributed by atoms with Gasteiger partial charge in [-0.15, -0.1) is 0 Å². The van der Waals surface area contributed by atoms with Crippen LogP contribution in [0.15, 0.2) is 30.6 Å². The largest absolute Gasteiger partial charge is 0.323 e. The minimum absolute atomic E-state index is 0.0798. The molecule has 1 aromatic carbocycles. The second-order valence-electron chi connectivity index (χ2n) is 5.06. The number of hydrogen-bond acceptors (Lipinski definition) is 3. The number of ketones is 1. The molecule has 0 aliphatic rings. The van der Waals surface area contributed by atoms with Gasteiger partial charge in [0.05, 0.1) is 29.6 Å². The van der Waals surface area contributed by atoms with Crippen molar-refractivity contribution >= 4 is 28.4 Å². The molecule has 6 heteroatoms. The van der Waals surface area contributed by atoms with Crippen LogP contribution in [0.1, 0.15) is 11.3 Å². The molecule has 0 unspecified atom stereocenters. The van der Waals surface area contributed by atoms with Gasteiger partial charge in [0.25, 0.3) is 0 Å². The van der Waals surface area contributed by atoms with Crippen LogP contribution in [0, 0.1) is 6.92 Å². The summed E-state index contributed by atoms with van der Waals surface area (Å²) in [6, 6.07) is 7.75. The molecule has 0 aliphatic heterocycles. The Morgan fingerprint density at radius 3 is 2.81 bits per heavy atom. The van der Waals surface area contributed by atoms with Crippen molar-refractivity contribution in [2.24, 2.45) is 7.05 Å². The molecule has 2 aromatic heterocycles. The Morgan fingerprint density at radius 1 is 1.33 bits per heavy atom. The van der Waals surface area contributed by atoms with Crippen LogP contribution in [-0.2, 0) is 24.8 Å². The number of hydrogen-bond donors (Lipinski definition) is 0. The third-order valence-electron chi connectivity index (χ3n) is 3.52. The summed E-state index contributed by atoms with van der Waals surface area (Å²) in [7, 11) is 1.77. The summed E-state index contributed by atoms with van der Waals surface area (Å²) in [6.07, 6.45) is 1.98. The van der Waals surface area contributed by atoms with Crippen LogP contribution >= 0.6 is 11.6 Å². The standard InChI is InChI=1S/C15H15ClN4O/c1-10-12(15(16)19(2)18-10)7-11(21)8-20-9-17-13-5-3-4-6-14(13)20/h3-6,9H,7-8H2,1-2H3. The third kappa shape index (κ3) is 2.56. The predicted octanol–water partition coefficient (Wildman–Crippen LogP) is 2.54. The first-order valence-electron chi connectivity index (χ1n) is 6.66. The van der Waals surface area contributed by atoms with Crippen molar-refractivity contribution in [1.29, 1.82) is 0 Å². The lowest BCUT2D eigenvalue weighted by Crippen LogP contribution is -2.12. The Balaban J connectivity index is 1.81. The minimum atomic E-state index is 0.0798. The number of nitrogens with zero attached hydrogens (tertiary/aromatic N) is 4. The van der Waals surface area contributed by atoms with Crippen molar-refractivity contribution in [2.45, 2.75) is 19.9 Å². The number of aryl methyl sites for hydroxylation is 2. The highest BCUT2D eigenvalue weighted by Gasteiger charge is 2.15. The van der Waals surface area contributed by atoms with E-state index in [1.54, 1.807) is 18.1 Å². The van der Waals surface area contributed by atoms with Crippen LogP contribution in [-0.4, -0.2) is 25.1 Å². The zero-order valence-electron chi connectivity index (χ0n) is 11.9. The van der Waals surface area contributed by atoms with Gasteiger partial charge in [-0.25, -0.2) is 4.98 Å². The summed E-state index contributed by atoms with van der Waals surface area (Å²) in [5.74, 6) is 0.0798. The molecule has 0 radical (unpaired) electrons. The molecular formula is C15H15ClN4O. The van der Waals surface area contributed by atoms with Gasteiger partial charge >= 0.3 is 0 Å². The summed E-state index contributed by atoms with van der Waals surface area (Å²) in [5.41, 5.74) is 3.45. The lowest BCUT2D eigenvalue weighted by Gasteiger charge is -2.04. The topological polar surface area (TPSA) is 52.7 Å². The Kier molecular flexibility index (Phi) is 3.51. The maximum Gasteiger partial charge on any atom is 0.157 e. The van der Waals surface area contributed by atoms with Gasteiger partial charge in [-0.05, 0) is 19.1 Å². The molecule has 0 fully saturated rings. The number of benzene rings is 1. The molecule has 21 heavy (non-hydrogen) atoms.